The summed E-state index contributed by atoms with van der Waals surface area (Å²) in [6.07, 6.45) is 7.21. The van der Waals surface area contributed by atoms with Crippen LogP contribution in [0.3, 0.4) is 0 Å². The van der Waals surface area contributed by atoms with Gasteiger partial charge in [0.15, 0.2) is 5.78 Å². The molecular weight excluding hydrogens is 444 g/mol. The molecule has 0 atom stereocenters. The third-order valence-electron chi connectivity index (χ3n) is 8.16. The fourth-order valence-electron chi connectivity index (χ4n) is 6.08. The van der Waals surface area contributed by atoms with Crippen molar-refractivity contribution in [3.05, 3.63) is 57.8 Å². The van der Waals surface area contributed by atoms with Crippen molar-refractivity contribution in [2.24, 2.45) is 11.3 Å². The first-order valence-electron chi connectivity index (χ1n) is 12.7. The number of thiophene rings is 1. The van der Waals surface area contributed by atoms with Crippen molar-refractivity contribution in [1.82, 2.24) is 9.80 Å². The summed E-state index contributed by atoms with van der Waals surface area (Å²) in [6.45, 7) is 3.25. The summed E-state index contributed by atoms with van der Waals surface area (Å²) in [5, 5.41) is 1.91. The topological polar surface area (TPSA) is 57.7 Å². The van der Waals surface area contributed by atoms with Gasteiger partial charge in [-0.15, -0.1) is 11.3 Å². The number of fused-ring (bicyclic) bond motifs is 1. The second kappa shape index (κ2) is 10.0. The van der Waals surface area contributed by atoms with Crippen molar-refractivity contribution in [3.8, 4) is 0 Å². The molecule has 3 aliphatic rings. The van der Waals surface area contributed by atoms with Gasteiger partial charge < -0.3 is 9.80 Å². The zero-order valence-electron chi connectivity index (χ0n) is 19.8. The average molecular weight is 479 g/mol. The van der Waals surface area contributed by atoms with Gasteiger partial charge in [-0.1, -0.05) is 30.3 Å². The summed E-state index contributed by atoms with van der Waals surface area (Å²) in [7, 11) is 0. The highest BCUT2D eigenvalue weighted by molar-refractivity contribution is 7.12. The van der Waals surface area contributed by atoms with Gasteiger partial charge in [0.25, 0.3) is 0 Å². The van der Waals surface area contributed by atoms with Crippen molar-refractivity contribution < 1.29 is 14.4 Å². The summed E-state index contributed by atoms with van der Waals surface area (Å²) < 4.78 is 0. The Hall–Kier alpha value is -2.47. The first kappa shape index (κ1) is 23.3. The predicted octanol–water partition coefficient (Wildman–Crippen LogP) is 4.75. The van der Waals surface area contributed by atoms with Crippen LogP contribution in [0.25, 0.3) is 0 Å². The summed E-state index contributed by atoms with van der Waals surface area (Å²) >= 11 is 1.46. The second-order valence-electron chi connectivity index (χ2n) is 10.4. The number of Topliss-reactive ketones (excluding diaryl/α,β-unsaturated/α-hetero) is 1. The highest BCUT2D eigenvalue weighted by Crippen LogP contribution is 2.41. The van der Waals surface area contributed by atoms with E-state index in [1.54, 1.807) is 0 Å². The van der Waals surface area contributed by atoms with Crippen LogP contribution in [0, 0.1) is 11.3 Å². The highest BCUT2D eigenvalue weighted by Gasteiger charge is 2.42. The molecule has 180 valence electrons. The molecule has 0 radical (unpaired) electrons. The molecule has 1 aromatic heterocycles. The lowest BCUT2D eigenvalue weighted by atomic mass is 9.77. The predicted molar refractivity (Wildman–Crippen MR) is 134 cm³/mol. The van der Waals surface area contributed by atoms with E-state index < -0.39 is 0 Å². The van der Waals surface area contributed by atoms with Gasteiger partial charge in [-0.05, 0) is 72.4 Å². The van der Waals surface area contributed by atoms with Crippen molar-refractivity contribution >= 4 is 28.9 Å². The Kier molecular flexibility index (Phi) is 6.87. The second-order valence-corrected chi connectivity index (χ2v) is 11.4. The largest absolute Gasteiger partial charge is 0.343 e. The van der Waals surface area contributed by atoms with Crippen LogP contribution in [-0.2, 0) is 22.4 Å². The molecular formula is C28H34N2O3S. The summed E-state index contributed by atoms with van der Waals surface area (Å²) in [5.74, 6) is 1.05. The van der Waals surface area contributed by atoms with E-state index in [0.717, 1.165) is 63.2 Å². The molecule has 0 saturated carbocycles. The van der Waals surface area contributed by atoms with Gasteiger partial charge in [0.05, 0.1) is 4.88 Å². The van der Waals surface area contributed by atoms with Crippen molar-refractivity contribution in [1.29, 1.82) is 0 Å². The van der Waals surface area contributed by atoms with Gasteiger partial charge >= 0.3 is 0 Å². The molecule has 2 aliphatic heterocycles. The quantitative estimate of drug-likeness (QED) is 0.540. The number of amides is 2. The van der Waals surface area contributed by atoms with Crippen LogP contribution >= 0.6 is 11.3 Å². The maximum atomic E-state index is 13.0. The number of piperidine rings is 1. The van der Waals surface area contributed by atoms with Crippen molar-refractivity contribution in [2.45, 2.75) is 57.8 Å². The number of benzene rings is 1. The Morgan fingerprint density at radius 2 is 1.53 bits per heavy atom. The Bertz CT molecular complexity index is 1010. The Morgan fingerprint density at radius 3 is 2.18 bits per heavy atom. The summed E-state index contributed by atoms with van der Waals surface area (Å²) in [4.78, 5) is 42.7. The molecule has 5 nitrogen and oxygen atoms in total. The summed E-state index contributed by atoms with van der Waals surface area (Å²) in [5.41, 5.74) is 2.98. The normalized spacial score (nSPS) is 19.5. The van der Waals surface area contributed by atoms with Crippen LogP contribution < -0.4 is 0 Å². The number of ketones is 1. The van der Waals surface area contributed by atoms with Crippen LogP contribution in [0.5, 0.6) is 0 Å². The molecule has 2 aromatic rings. The SMILES string of the molecule is O=C(CCCC(=O)N1CCC2(CCN(C(=O)CC3Cc4ccccc4C3)CC2)C1)c1cccs1. The zero-order valence-corrected chi connectivity index (χ0v) is 20.7. The van der Waals surface area contributed by atoms with Crippen molar-refractivity contribution in [3.63, 3.8) is 0 Å². The number of nitrogens with zero attached hydrogens (tertiary/aromatic N) is 2. The smallest absolute Gasteiger partial charge is 0.222 e. The van der Waals surface area contributed by atoms with E-state index in [2.05, 4.69) is 29.2 Å². The van der Waals surface area contributed by atoms with E-state index in [9.17, 15) is 14.4 Å². The van der Waals surface area contributed by atoms with Gasteiger partial charge in [0, 0.05) is 45.4 Å². The number of carbonyl (C=O) groups is 3. The van der Waals surface area contributed by atoms with Gasteiger partial charge in [-0.25, -0.2) is 0 Å². The minimum absolute atomic E-state index is 0.138. The molecule has 0 unspecified atom stereocenters. The van der Waals surface area contributed by atoms with E-state index >= 15 is 0 Å². The molecule has 6 heteroatoms. The minimum Gasteiger partial charge on any atom is -0.343 e. The lowest BCUT2D eigenvalue weighted by Crippen LogP contribution is -2.45. The van der Waals surface area contributed by atoms with E-state index in [1.807, 2.05) is 22.4 Å². The first-order valence-corrected chi connectivity index (χ1v) is 13.6. The minimum atomic E-state index is 0.138. The monoisotopic (exact) mass is 478 g/mol. The van der Waals surface area contributed by atoms with Gasteiger partial charge in [0.2, 0.25) is 11.8 Å². The van der Waals surface area contributed by atoms with Gasteiger partial charge in [-0.3, -0.25) is 14.4 Å². The molecule has 0 bridgehead atoms. The molecule has 1 aliphatic carbocycles. The van der Waals surface area contributed by atoms with Crippen LogP contribution in [0.2, 0.25) is 0 Å². The number of hydrogen-bond donors (Lipinski definition) is 0. The Balaban J connectivity index is 1.04. The van der Waals surface area contributed by atoms with Crippen LogP contribution in [0.15, 0.2) is 41.8 Å². The maximum absolute atomic E-state index is 13.0. The van der Waals surface area contributed by atoms with E-state index in [1.165, 1.54) is 22.5 Å². The molecule has 2 amide bonds. The van der Waals surface area contributed by atoms with E-state index in [4.69, 9.17) is 0 Å². The molecule has 2 saturated heterocycles. The first-order chi connectivity index (χ1) is 16.5. The van der Waals surface area contributed by atoms with Crippen LogP contribution in [0.1, 0.15) is 65.7 Å². The maximum Gasteiger partial charge on any atom is 0.222 e. The number of rotatable bonds is 7. The highest BCUT2D eigenvalue weighted by atomic mass is 32.1. The van der Waals surface area contributed by atoms with Crippen LogP contribution in [-0.4, -0.2) is 53.6 Å². The molecule has 1 spiro atoms. The zero-order chi connectivity index (χ0) is 23.5. The third-order valence-corrected chi connectivity index (χ3v) is 9.07. The number of hydrogen-bond acceptors (Lipinski definition) is 4. The van der Waals surface area contributed by atoms with Crippen LogP contribution in [0.4, 0.5) is 0 Å². The lowest BCUT2D eigenvalue weighted by Gasteiger charge is -2.39. The number of likely N-dealkylation sites (tertiary alicyclic amines) is 2. The molecule has 1 aromatic carbocycles. The summed E-state index contributed by atoms with van der Waals surface area (Å²) in [6, 6.07) is 12.3. The Morgan fingerprint density at radius 1 is 0.853 bits per heavy atom. The standard InChI is InChI=1S/C28H34N2O3S/c31-24(25-8-4-16-34-25)7-3-9-26(32)30-15-12-28(20-30)10-13-29(14-11-28)27(33)19-21-17-22-5-1-2-6-23(22)18-21/h1-2,4-6,8,16,21H,3,7,9-15,17-20H2. The van der Waals surface area contributed by atoms with E-state index in [0.29, 0.717) is 37.5 Å². The van der Waals surface area contributed by atoms with Gasteiger partial charge in [-0.2, -0.15) is 0 Å². The molecule has 2 fully saturated rings. The molecule has 5 rings (SSSR count). The third kappa shape index (κ3) is 5.12. The molecule has 34 heavy (non-hydrogen) atoms. The van der Waals surface area contributed by atoms with E-state index in [-0.39, 0.29) is 17.1 Å². The van der Waals surface area contributed by atoms with Crippen molar-refractivity contribution in [2.75, 3.05) is 26.2 Å². The number of carbonyl (C=O) groups excluding carboxylic acids is 3. The Labute approximate surface area is 206 Å². The molecule has 3 heterocycles. The molecule has 0 N–H and O–H groups in total. The average Bonchev–Trinajstić information content (AvgIpc) is 3.59. The fraction of sp³-hybridized carbons (Fsp3) is 0.536. The van der Waals surface area contributed by atoms with Gasteiger partial charge in [0.1, 0.15) is 0 Å². The lowest BCUT2D eigenvalue weighted by molar-refractivity contribution is -0.135. The fourth-order valence-corrected chi connectivity index (χ4v) is 6.77.